The van der Waals surface area contributed by atoms with Gasteiger partial charge in [-0.3, -0.25) is 4.99 Å². The topological polar surface area (TPSA) is 65.0 Å². The summed E-state index contributed by atoms with van der Waals surface area (Å²) in [6.45, 7) is 9.61. The Labute approximate surface area is 176 Å². The van der Waals surface area contributed by atoms with E-state index in [0.29, 0.717) is 11.4 Å². The van der Waals surface area contributed by atoms with Crippen molar-refractivity contribution in [2.24, 2.45) is 10.9 Å². The van der Waals surface area contributed by atoms with E-state index in [0.717, 1.165) is 43.5 Å². The normalized spacial score (nSPS) is 21.5. The van der Waals surface area contributed by atoms with Crippen molar-refractivity contribution in [2.45, 2.75) is 43.9 Å². The molecule has 7 heteroatoms. The summed E-state index contributed by atoms with van der Waals surface area (Å²) in [5.74, 6) is 1.75. The van der Waals surface area contributed by atoms with Crippen LogP contribution in [-0.2, 0) is 16.3 Å². The van der Waals surface area contributed by atoms with Crippen LogP contribution in [0.1, 0.15) is 38.2 Å². The molecule has 29 heavy (non-hydrogen) atoms. The van der Waals surface area contributed by atoms with Crippen LogP contribution in [0, 0.1) is 5.92 Å². The molecule has 2 aliphatic heterocycles. The summed E-state index contributed by atoms with van der Waals surface area (Å²) in [6, 6.07) is 7.16. The molecule has 2 saturated heterocycles. The van der Waals surface area contributed by atoms with Crippen LogP contribution < -0.4 is 5.32 Å². The van der Waals surface area contributed by atoms with Gasteiger partial charge in [-0.25, -0.2) is 8.42 Å². The molecule has 2 fully saturated rings. The van der Waals surface area contributed by atoms with Crippen LogP contribution in [-0.4, -0.2) is 76.2 Å². The van der Waals surface area contributed by atoms with Gasteiger partial charge in [0.05, 0.1) is 4.90 Å². The molecule has 6 nitrogen and oxygen atoms in total. The van der Waals surface area contributed by atoms with E-state index in [1.807, 2.05) is 12.1 Å². The van der Waals surface area contributed by atoms with Crippen LogP contribution in [0.25, 0.3) is 0 Å². The molecule has 0 aromatic heterocycles. The SMILES string of the molecule is CCNC(=NCCc1ccc(S(C)(=O)=O)cc1)N1CCC(CN2CCCCC2)C1. The lowest BCUT2D eigenvalue weighted by molar-refractivity contribution is 0.198. The Kier molecular flexibility index (Phi) is 7.95. The highest BCUT2D eigenvalue weighted by molar-refractivity contribution is 7.90. The predicted molar refractivity (Wildman–Crippen MR) is 119 cm³/mol. The highest BCUT2D eigenvalue weighted by Crippen LogP contribution is 2.20. The van der Waals surface area contributed by atoms with E-state index in [1.54, 1.807) is 12.1 Å². The first-order valence-corrected chi connectivity index (χ1v) is 12.9. The highest BCUT2D eigenvalue weighted by atomic mass is 32.2. The Balaban J connectivity index is 1.51. The summed E-state index contributed by atoms with van der Waals surface area (Å²) >= 11 is 0. The number of hydrogen-bond acceptors (Lipinski definition) is 4. The summed E-state index contributed by atoms with van der Waals surface area (Å²) < 4.78 is 23.2. The van der Waals surface area contributed by atoms with Crippen molar-refractivity contribution in [3.8, 4) is 0 Å². The smallest absolute Gasteiger partial charge is 0.193 e. The van der Waals surface area contributed by atoms with Gasteiger partial charge in [0.25, 0.3) is 0 Å². The Morgan fingerprint density at radius 3 is 2.52 bits per heavy atom. The molecule has 1 unspecified atom stereocenters. The van der Waals surface area contributed by atoms with E-state index in [1.165, 1.54) is 51.6 Å². The second-order valence-corrected chi connectivity index (χ2v) is 10.4. The molecule has 3 rings (SSSR count). The number of guanidine groups is 1. The quantitative estimate of drug-likeness (QED) is 0.542. The van der Waals surface area contributed by atoms with Gasteiger partial charge in [-0.1, -0.05) is 18.6 Å². The highest BCUT2D eigenvalue weighted by Gasteiger charge is 2.26. The minimum Gasteiger partial charge on any atom is -0.357 e. The van der Waals surface area contributed by atoms with Crippen molar-refractivity contribution in [1.82, 2.24) is 15.1 Å². The molecular weight excluding hydrogens is 384 g/mol. The molecule has 0 aliphatic carbocycles. The lowest BCUT2D eigenvalue weighted by Crippen LogP contribution is -2.41. The fraction of sp³-hybridized carbons (Fsp3) is 0.682. The zero-order valence-electron chi connectivity index (χ0n) is 17.9. The lowest BCUT2D eigenvalue weighted by atomic mass is 10.1. The fourth-order valence-corrected chi connectivity index (χ4v) is 4.93. The largest absolute Gasteiger partial charge is 0.357 e. The lowest BCUT2D eigenvalue weighted by Gasteiger charge is -2.29. The molecule has 2 aliphatic rings. The number of piperidine rings is 1. The van der Waals surface area contributed by atoms with Gasteiger partial charge in [-0.15, -0.1) is 0 Å². The van der Waals surface area contributed by atoms with Gasteiger partial charge in [0.1, 0.15) is 0 Å². The van der Waals surface area contributed by atoms with Gasteiger partial charge in [0.15, 0.2) is 15.8 Å². The third kappa shape index (κ3) is 6.71. The van der Waals surface area contributed by atoms with Crippen molar-refractivity contribution in [3.05, 3.63) is 29.8 Å². The van der Waals surface area contributed by atoms with Crippen LogP contribution in [0.3, 0.4) is 0 Å². The molecular formula is C22H36N4O2S. The molecule has 0 spiro atoms. The average molecular weight is 421 g/mol. The summed E-state index contributed by atoms with van der Waals surface area (Å²) in [7, 11) is -3.14. The standard InChI is InChI=1S/C22H36N4O2S/c1-3-23-22(24-13-11-19-7-9-21(10-8-19)29(2,27)28)26-16-12-20(18-26)17-25-14-5-4-6-15-25/h7-10,20H,3-6,11-18H2,1-2H3,(H,23,24). The second kappa shape index (κ2) is 10.4. The maximum absolute atomic E-state index is 11.6. The molecule has 1 aromatic rings. The number of benzene rings is 1. The molecule has 0 saturated carbocycles. The molecule has 1 aromatic carbocycles. The Morgan fingerprint density at radius 1 is 1.14 bits per heavy atom. The third-order valence-electron chi connectivity index (χ3n) is 5.90. The van der Waals surface area contributed by atoms with Crippen molar-refractivity contribution in [1.29, 1.82) is 0 Å². The van der Waals surface area contributed by atoms with Crippen LogP contribution in [0.4, 0.5) is 0 Å². The monoisotopic (exact) mass is 420 g/mol. The van der Waals surface area contributed by atoms with Crippen molar-refractivity contribution in [2.75, 3.05) is 52.1 Å². The van der Waals surface area contributed by atoms with Crippen LogP contribution >= 0.6 is 0 Å². The molecule has 1 N–H and O–H groups in total. The number of rotatable bonds is 7. The summed E-state index contributed by atoms with van der Waals surface area (Å²) in [4.78, 5) is 10.3. The van der Waals surface area contributed by atoms with Crippen molar-refractivity contribution < 1.29 is 8.42 Å². The number of nitrogens with zero attached hydrogens (tertiary/aromatic N) is 3. The van der Waals surface area contributed by atoms with E-state index >= 15 is 0 Å². The third-order valence-corrected chi connectivity index (χ3v) is 7.03. The molecule has 0 radical (unpaired) electrons. The van der Waals surface area contributed by atoms with Gasteiger partial charge in [0, 0.05) is 39.0 Å². The number of nitrogens with one attached hydrogen (secondary N) is 1. The Morgan fingerprint density at radius 2 is 1.86 bits per heavy atom. The average Bonchev–Trinajstić information content (AvgIpc) is 3.16. The molecule has 162 valence electrons. The number of sulfone groups is 1. The summed E-state index contributed by atoms with van der Waals surface area (Å²) in [6.07, 6.45) is 7.39. The molecule has 0 amide bonds. The Hall–Kier alpha value is -1.60. The molecule has 1 atom stereocenters. The van der Waals surface area contributed by atoms with Gasteiger partial charge < -0.3 is 15.1 Å². The minimum absolute atomic E-state index is 0.370. The minimum atomic E-state index is -3.14. The Bertz CT molecular complexity index is 771. The first-order chi connectivity index (χ1) is 14.0. The summed E-state index contributed by atoms with van der Waals surface area (Å²) in [5.41, 5.74) is 1.11. The van der Waals surface area contributed by atoms with E-state index in [9.17, 15) is 8.42 Å². The van der Waals surface area contributed by atoms with Gasteiger partial charge >= 0.3 is 0 Å². The van der Waals surface area contributed by atoms with Crippen molar-refractivity contribution >= 4 is 15.8 Å². The van der Waals surface area contributed by atoms with Crippen LogP contribution in [0.5, 0.6) is 0 Å². The van der Waals surface area contributed by atoms with Crippen molar-refractivity contribution in [3.63, 3.8) is 0 Å². The zero-order valence-corrected chi connectivity index (χ0v) is 18.8. The van der Waals surface area contributed by atoms with E-state index in [2.05, 4.69) is 22.0 Å². The van der Waals surface area contributed by atoms with Crippen LogP contribution in [0.2, 0.25) is 0 Å². The molecule has 0 bridgehead atoms. The van der Waals surface area contributed by atoms with Crippen LogP contribution in [0.15, 0.2) is 34.2 Å². The van der Waals surface area contributed by atoms with E-state index < -0.39 is 9.84 Å². The maximum atomic E-state index is 11.6. The first-order valence-electron chi connectivity index (χ1n) is 11.0. The van der Waals surface area contributed by atoms with Gasteiger partial charge in [-0.05, 0) is 69.3 Å². The van der Waals surface area contributed by atoms with Gasteiger partial charge in [0.2, 0.25) is 0 Å². The number of hydrogen-bond donors (Lipinski definition) is 1. The number of aliphatic imine (C=N–C) groups is 1. The predicted octanol–water partition coefficient (Wildman–Crippen LogP) is 2.41. The maximum Gasteiger partial charge on any atom is 0.193 e. The second-order valence-electron chi connectivity index (χ2n) is 8.36. The molecule has 2 heterocycles. The van der Waals surface area contributed by atoms with E-state index in [4.69, 9.17) is 4.99 Å². The van der Waals surface area contributed by atoms with Gasteiger partial charge in [-0.2, -0.15) is 0 Å². The first kappa shape index (κ1) is 22.1. The number of likely N-dealkylation sites (tertiary alicyclic amines) is 2. The van der Waals surface area contributed by atoms with E-state index in [-0.39, 0.29) is 0 Å². The fourth-order valence-electron chi connectivity index (χ4n) is 4.30. The summed E-state index contributed by atoms with van der Waals surface area (Å²) in [5, 5.41) is 3.45. The zero-order chi connectivity index (χ0) is 20.7.